The molecule has 0 spiro atoms. The van der Waals surface area contributed by atoms with Crippen LogP contribution in [0.15, 0.2) is 30.4 Å². The van der Waals surface area contributed by atoms with Gasteiger partial charge in [-0.3, -0.25) is 4.79 Å². The maximum Gasteiger partial charge on any atom is 0.186 e. The van der Waals surface area contributed by atoms with Crippen LogP contribution in [-0.4, -0.2) is 5.78 Å². The summed E-state index contributed by atoms with van der Waals surface area (Å²) in [5.74, 6) is 0.102. The molecule has 1 heteroatoms. The summed E-state index contributed by atoms with van der Waals surface area (Å²) >= 11 is 0. The van der Waals surface area contributed by atoms with Crippen LogP contribution in [0.4, 0.5) is 0 Å². The van der Waals surface area contributed by atoms with Gasteiger partial charge in [-0.05, 0) is 34.2 Å². The highest BCUT2D eigenvalue weighted by Gasteiger charge is 2.09. The van der Waals surface area contributed by atoms with E-state index in [4.69, 9.17) is 0 Å². The smallest absolute Gasteiger partial charge is 0.186 e. The number of carbonyl (C=O) groups excluding carboxylic acids is 1. The maximum absolute atomic E-state index is 11.5. The third-order valence-electron chi connectivity index (χ3n) is 2.60. The molecule has 1 aromatic rings. The van der Waals surface area contributed by atoms with Gasteiger partial charge in [0.1, 0.15) is 0 Å². The molecule has 66 valence electrons. The van der Waals surface area contributed by atoms with Gasteiger partial charge in [-0.15, -0.1) is 0 Å². The van der Waals surface area contributed by atoms with E-state index in [0.717, 1.165) is 16.0 Å². The Morgan fingerprint density at radius 3 is 2.57 bits per heavy atom. The zero-order chi connectivity index (χ0) is 9.54. The zero-order valence-corrected chi connectivity index (χ0v) is 7.53. The molecular formula is C13H8O. The normalized spacial score (nSPS) is 15.9. The summed E-state index contributed by atoms with van der Waals surface area (Å²) in [4.78, 5) is 11.5. The third kappa shape index (κ3) is 0.925. The first kappa shape index (κ1) is 7.51. The predicted molar refractivity (Wildman–Crippen MR) is 57.1 cm³/mol. The summed E-state index contributed by atoms with van der Waals surface area (Å²) in [6.07, 6.45) is 11.5. The first-order chi connectivity index (χ1) is 6.84. The van der Waals surface area contributed by atoms with E-state index in [1.165, 1.54) is 5.56 Å². The molecule has 0 N–H and O–H groups in total. The minimum atomic E-state index is 0.102. The highest BCUT2D eigenvalue weighted by molar-refractivity contribution is 6.07. The van der Waals surface area contributed by atoms with Gasteiger partial charge in [-0.1, -0.05) is 30.4 Å². The average molecular weight is 180 g/mol. The Kier molecular flexibility index (Phi) is 1.37. The molecule has 2 aliphatic rings. The number of hydrogen-bond donors (Lipinski definition) is 0. The number of carbonyl (C=O) groups is 1. The van der Waals surface area contributed by atoms with Crippen molar-refractivity contribution >= 4 is 24.0 Å². The van der Waals surface area contributed by atoms with Gasteiger partial charge >= 0.3 is 0 Å². The van der Waals surface area contributed by atoms with Crippen LogP contribution in [0.1, 0.15) is 15.9 Å². The fourth-order valence-electron chi connectivity index (χ4n) is 1.88. The van der Waals surface area contributed by atoms with Crippen molar-refractivity contribution in [1.82, 2.24) is 0 Å². The Balaban J connectivity index is 2.45. The van der Waals surface area contributed by atoms with Crippen LogP contribution in [0.2, 0.25) is 0 Å². The Morgan fingerprint density at radius 1 is 0.857 bits per heavy atom. The van der Waals surface area contributed by atoms with Crippen molar-refractivity contribution < 1.29 is 4.79 Å². The average Bonchev–Trinajstić information content (AvgIpc) is 2.62. The molecule has 0 atom stereocenters. The molecular weight excluding hydrogens is 172 g/mol. The molecule has 0 heterocycles. The predicted octanol–water partition coefficient (Wildman–Crippen LogP) is 1.03. The topological polar surface area (TPSA) is 17.1 Å². The molecule has 0 aromatic heterocycles. The van der Waals surface area contributed by atoms with Crippen molar-refractivity contribution in [2.75, 3.05) is 0 Å². The minimum absolute atomic E-state index is 0.102. The number of fused-ring (bicyclic) bond motifs is 2. The van der Waals surface area contributed by atoms with Crippen LogP contribution < -0.4 is 10.4 Å². The summed E-state index contributed by atoms with van der Waals surface area (Å²) < 4.78 is 0. The second-order valence-corrected chi connectivity index (χ2v) is 3.48. The summed E-state index contributed by atoms with van der Waals surface area (Å²) in [7, 11) is 0. The highest BCUT2D eigenvalue weighted by atomic mass is 16.1. The number of rotatable bonds is 0. The van der Waals surface area contributed by atoms with Crippen molar-refractivity contribution in [3.8, 4) is 0 Å². The lowest BCUT2D eigenvalue weighted by molar-refractivity contribution is 0.104. The molecule has 3 rings (SSSR count). The van der Waals surface area contributed by atoms with E-state index in [0.29, 0.717) is 0 Å². The SMILES string of the molecule is O=C1C=CC=c2cc3c(cc21)=CC=C3. The second-order valence-electron chi connectivity index (χ2n) is 3.48. The van der Waals surface area contributed by atoms with E-state index in [1.54, 1.807) is 12.2 Å². The number of ketones is 1. The summed E-state index contributed by atoms with van der Waals surface area (Å²) in [5.41, 5.74) is 2.01. The third-order valence-corrected chi connectivity index (χ3v) is 2.60. The zero-order valence-electron chi connectivity index (χ0n) is 7.53. The molecule has 0 bridgehead atoms. The van der Waals surface area contributed by atoms with Gasteiger partial charge < -0.3 is 0 Å². The van der Waals surface area contributed by atoms with Crippen molar-refractivity contribution in [1.29, 1.82) is 0 Å². The molecule has 0 aliphatic heterocycles. The lowest BCUT2D eigenvalue weighted by Crippen LogP contribution is -2.21. The van der Waals surface area contributed by atoms with Gasteiger partial charge in [0.25, 0.3) is 0 Å². The van der Waals surface area contributed by atoms with Crippen LogP contribution >= 0.6 is 0 Å². The largest absolute Gasteiger partial charge is 0.289 e. The molecule has 0 amide bonds. The minimum Gasteiger partial charge on any atom is -0.289 e. The molecule has 2 aliphatic carbocycles. The Hall–Kier alpha value is -1.89. The Labute approximate surface area is 81.4 Å². The molecule has 14 heavy (non-hydrogen) atoms. The fraction of sp³-hybridized carbons (Fsp3) is 0. The molecule has 1 nitrogen and oxygen atoms in total. The van der Waals surface area contributed by atoms with Crippen LogP contribution in [0.5, 0.6) is 0 Å². The van der Waals surface area contributed by atoms with E-state index in [-0.39, 0.29) is 5.78 Å². The second kappa shape index (κ2) is 2.55. The maximum atomic E-state index is 11.5. The van der Waals surface area contributed by atoms with Gasteiger partial charge in [0.05, 0.1) is 0 Å². The highest BCUT2D eigenvalue weighted by Crippen LogP contribution is 2.04. The van der Waals surface area contributed by atoms with Crippen LogP contribution in [0, 0.1) is 0 Å². The van der Waals surface area contributed by atoms with Crippen molar-refractivity contribution in [3.63, 3.8) is 0 Å². The van der Waals surface area contributed by atoms with Gasteiger partial charge in [0.2, 0.25) is 0 Å². The summed E-state index contributed by atoms with van der Waals surface area (Å²) in [5, 5.41) is 2.16. The van der Waals surface area contributed by atoms with Crippen LogP contribution in [0.3, 0.4) is 0 Å². The lowest BCUT2D eigenvalue weighted by Gasteiger charge is -2.03. The first-order valence-electron chi connectivity index (χ1n) is 4.60. The lowest BCUT2D eigenvalue weighted by atomic mass is 10.00. The van der Waals surface area contributed by atoms with Crippen molar-refractivity contribution in [2.45, 2.75) is 0 Å². The fourth-order valence-corrected chi connectivity index (χ4v) is 1.88. The Morgan fingerprint density at radius 2 is 1.64 bits per heavy atom. The summed E-state index contributed by atoms with van der Waals surface area (Å²) in [6.45, 7) is 0. The number of benzene rings is 1. The number of allylic oxidation sites excluding steroid dienone is 3. The molecule has 0 radical (unpaired) electrons. The molecule has 0 saturated heterocycles. The standard InChI is InChI=1S/C13H8O/c14-13-6-2-5-11-7-9-3-1-4-10(9)8-12(11)13/h1-8H. The van der Waals surface area contributed by atoms with Crippen molar-refractivity contribution in [2.24, 2.45) is 0 Å². The van der Waals surface area contributed by atoms with E-state index in [9.17, 15) is 4.79 Å². The summed E-state index contributed by atoms with van der Waals surface area (Å²) in [6, 6.07) is 4.03. The molecule has 1 aromatic carbocycles. The van der Waals surface area contributed by atoms with Crippen LogP contribution in [0.25, 0.3) is 18.2 Å². The Bertz CT molecular complexity index is 601. The van der Waals surface area contributed by atoms with E-state index in [2.05, 4.69) is 12.1 Å². The van der Waals surface area contributed by atoms with E-state index in [1.807, 2.05) is 24.3 Å². The first-order valence-corrected chi connectivity index (χ1v) is 4.60. The van der Waals surface area contributed by atoms with E-state index < -0.39 is 0 Å². The van der Waals surface area contributed by atoms with Crippen molar-refractivity contribution in [3.05, 3.63) is 51.9 Å². The quantitative estimate of drug-likeness (QED) is 0.582. The van der Waals surface area contributed by atoms with Gasteiger partial charge in [0, 0.05) is 5.56 Å². The van der Waals surface area contributed by atoms with Gasteiger partial charge in [-0.25, -0.2) is 0 Å². The van der Waals surface area contributed by atoms with Crippen LogP contribution in [-0.2, 0) is 0 Å². The van der Waals surface area contributed by atoms with Gasteiger partial charge in [-0.2, -0.15) is 0 Å². The van der Waals surface area contributed by atoms with E-state index >= 15 is 0 Å². The molecule has 0 unspecified atom stereocenters. The molecule has 0 saturated carbocycles. The molecule has 0 fully saturated rings. The monoisotopic (exact) mass is 180 g/mol. The van der Waals surface area contributed by atoms with Gasteiger partial charge in [0.15, 0.2) is 5.78 Å². The number of hydrogen-bond acceptors (Lipinski definition) is 1.